The van der Waals surface area contributed by atoms with Crippen molar-refractivity contribution < 1.29 is 49.3 Å². The van der Waals surface area contributed by atoms with Crippen LogP contribution >= 0.6 is 0 Å². The topological polar surface area (TPSA) is 163 Å². The molecule has 1 saturated heterocycles. The quantitative estimate of drug-likeness (QED) is 0.266. The molecule has 1 saturated carbocycles. The molecule has 0 aromatic heterocycles. The molecule has 0 bridgehead atoms. The highest BCUT2D eigenvalue weighted by atomic mass is 16.7. The lowest BCUT2D eigenvalue weighted by Gasteiger charge is -2.55. The fourth-order valence-electron chi connectivity index (χ4n) is 6.38. The van der Waals surface area contributed by atoms with Crippen LogP contribution in [0.1, 0.15) is 52.9 Å². The van der Waals surface area contributed by atoms with Crippen LogP contribution in [0.3, 0.4) is 0 Å². The first-order valence-corrected chi connectivity index (χ1v) is 12.1. The van der Waals surface area contributed by atoms with Crippen LogP contribution in [0.25, 0.3) is 0 Å². The zero-order valence-corrected chi connectivity index (χ0v) is 20.3. The highest BCUT2D eigenvalue weighted by Crippen LogP contribution is 2.58. The number of carbonyl (C=O) groups is 2. The second-order valence-electron chi connectivity index (χ2n) is 11.2. The van der Waals surface area contributed by atoms with E-state index in [9.17, 15) is 35.1 Å². The van der Waals surface area contributed by atoms with Crippen LogP contribution in [0, 0.1) is 16.7 Å². The van der Waals surface area contributed by atoms with Gasteiger partial charge in [-0.05, 0) is 43.1 Å². The van der Waals surface area contributed by atoms with Gasteiger partial charge >= 0.3 is 11.9 Å². The maximum absolute atomic E-state index is 13.7. The molecule has 10 heteroatoms. The molecule has 0 unspecified atom stereocenters. The van der Waals surface area contributed by atoms with Crippen molar-refractivity contribution in [3.63, 3.8) is 0 Å². The van der Waals surface area contributed by atoms with E-state index in [0.717, 1.165) is 6.42 Å². The van der Waals surface area contributed by atoms with Gasteiger partial charge in [-0.3, -0.25) is 0 Å². The monoisotopic (exact) mass is 496 g/mol. The molecular weight excluding hydrogens is 460 g/mol. The van der Waals surface area contributed by atoms with Gasteiger partial charge in [-0.25, -0.2) is 9.59 Å². The van der Waals surface area contributed by atoms with Crippen molar-refractivity contribution in [3.05, 3.63) is 23.8 Å². The first kappa shape index (κ1) is 26.2. The zero-order valence-electron chi connectivity index (χ0n) is 20.3. The van der Waals surface area contributed by atoms with Gasteiger partial charge in [0.2, 0.25) is 11.9 Å². The summed E-state index contributed by atoms with van der Waals surface area (Å²) in [6, 6.07) is 0. The molecular formula is C25H36O10. The molecule has 0 amide bonds. The van der Waals surface area contributed by atoms with E-state index in [4.69, 9.17) is 14.2 Å². The second kappa shape index (κ2) is 8.93. The van der Waals surface area contributed by atoms with Crippen LogP contribution in [0.2, 0.25) is 0 Å². The lowest BCUT2D eigenvalue weighted by molar-refractivity contribution is -0.299. The molecule has 0 aromatic rings. The molecule has 35 heavy (non-hydrogen) atoms. The Hall–Kier alpha value is -1.82. The number of ether oxygens (including phenoxy) is 3. The lowest BCUT2D eigenvalue weighted by atomic mass is 9.54. The van der Waals surface area contributed by atoms with Crippen molar-refractivity contribution in [1.29, 1.82) is 0 Å². The van der Waals surface area contributed by atoms with Crippen LogP contribution in [-0.2, 0) is 23.8 Å². The Morgan fingerprint density at radius 3 is 2.43 bits per heavy atom. The number of aliphatic hydroxyl groups excluding tert-OH is 5. The number of hydrogen-bond acceptors (Lipinski definition) is 10. The predicted molar refractivity (Wildman–Crippen MR) is 120 cm³/mol. The third-order valence-electron chi connectivity index (χ3n) is 8.52. The van der Waals surface area contributed by atoms with E-state index in [1.54, 1.807) is 6.08 Å². The van der Waals surface area contributed by atoms with Crippen molar-refractivity contribution in [2.75, 3.05) is 6.61 Å². The molecule has 5 N–H and O–H groups in total. The first-order valence-electron chi connectivity index (χ1n) is 12.1. The van der Waals surface area contributed by atoms with Crippen molar-refractivity contribution in [2.45, 2.75) is 95.3 Å². The van der Waals surface area contributed by atoms with E-state index >= 15 is 0 Å². The Morgan fingerprint density at radius 1 is 1.11 bits per heavy atom. The zero-order chi connectivity index (χ0) is 25.9. The van der Waals surface area contributed by atoms with Gasteiger partial charge in [-0.2, -0.15) is 0 Å². The molecule has 10 nitrogen and oxygen atoms in total. The summed E-state index contributed by atoms with van der Waals surface area (Å²) in [7, 11) is 0. The molecule has 0 radical (unpaired) electrons. The fraction of sp³-hybridized carbons (Fsp3) is 0.760. The molecule has 196 valence electrons. The molecule has 4 aliphatic rings. The van der Waals surface area contributed by atoms with Gasteiger partial charge in [0.25, 0.3) is 0 Å². The fourth-order valence-corrected chi connectivity index (χ4v) is 6.38. The molecule has 2 fully saturated rings. The molecule has 0 aromatic carbocycles. The van der Waals surface area contributed by atoms with Crippen LogP contribution in [-0.4, -0.2) is 86.5 Å². The molecule has 4 rings (SSSR count). The Labute approximate surface area is 204 Å². The molecule has 9 atom stereocenters. The van der Waals surface area contributed by atoms with Gasteiger partial charge in [0.15, 0.2) is 0 Å². The van der Waals surface area contributed by atoms with E-state index < -0.39 is 77.7 Å². The summed E-state index contributed by atoms with van der Waals surface area (Å²) in [4.78, 5) is 27.0. The Kier molecular flexibility index (Phi) is 6.70. The first-order chi connectivity index (χ1) is 16.3. The van der Waals surface area contributed by atoms with E-state index in [2.05, 4.69) is 6.58 Å². The van der Waals surface area contributed by atoms with Crippen molar-refractivity contribution in [2.24, 2.45) is 16.7 Å². The molecule has 2 aliphatic carbocycles. The highest BCUT2D eigenvalue weighted by molar-refractivity contribution is 5.97. The maximum atomic E-state index is 13.7. The van der Waals surface area contributed by atoms with Crippen LogP contribution < -0.4 is 0 Å². The smallest absolute Gasteiger partial charge is 0.353 e. The number of esters is 2. The number of rotatable bonds is 4. The molecule has 0 spiro atoms. The number of carbonyl (C=O) groups excluding carboxylic acids is 2. The number of fused-ring (bicyclic) bond motifs is 2. The minimum Gasteiger partial charge on any atom is -0.443 e. The summed E-state index contributed by atoms with van der Waals surface area (Å²) >= 11 is 0. The molecule has 2 heterocycles. The highest BCUT2D eigenvalue weighted by Gasteiger charge is 2.64. The van der Waals surface area contributed by atoms with Crippen LogP contribution in [0.5, 0.6) is 0 Å². The maximum Gasteiger partial charge on any atom is 0.353 e. The van der Waals surface area contributed by atoms with E-state index in [1.165, 1.54) is 0 Å². The third-order valence-corrected chi connectivity index (χ3v) is 8.52. The SMILES string of the molecule is C=C[C@@]1(C)CCC2=C(C(=O)O[C@]3(C(=O)O[C@@H]4O[C@H](CO)[C@@H](O)[C@H](O)[C@H]4O)CCCC(C)(C)[C@H]23)[C@@H]1O. The van der Waals surface area contributed by atoms with E-state index in [0.29, 0.717) is 24.8 Å². The van der Waals surface area contributed by atoms with Crippen molar-refractivity contribution >= 4 is 11.9 Å². The van der Waals surface area contributed by atoms with Gasteiger partial charge in [0, 0.05) is 11.3 Å². The Bertz CT molecular complexity index is 925. The summed E-state index contributed by atoms with van der Waals surface area (Å²) in [5, 5.41) is 51.0. The van der Waals surface area contributed by atoms with E-state index in [-0.39, 0.29) is 12.0 Å². The second-order valence-corrected chi connectivity index (χ2v) is 11.2. The number of aliphatic hydroxyl groups is 5. The van der Waals surface area contributed by atoms with Crippen LogP contribution in [0.4, 0.5) is 0 Å². The predicted octanol–water partition coefficient (Wildman–Crippen LogP) is 0.0950. The van der Waals surface area contributed by atoms with Gasteiger partial charge in [-0.15, -0.1) is 6.58 Å². The van der Waals surface area contributed by atoms with Gasteiger partial charge < -0.3 is 39.7 Å². The van der Waals surface area contributed by atoms with E-state index in [1.807, 2.05) is 20.8 Å². The average molecular weight is 497 g/mol. The normalized spacial score (nSPS) is 45.1. The Morgan fingerprint density at radius 2 is 1.80 bits per heavy atom. The summed E-state index contributed by atoms with van der Waals surface area (Å²) < 4.78 is 16.7. The molecule has 2 aliphatic heterocycles. The summed E-state index contributed by atoms with van der Waals surface area (Å²) in [6.45, 7) is 8.91. The average Bonchev–Trinajstić information content (AvgIpc) is 2.80. The number of hydrogen-bond donors (Lipinski definition) is 5. The summed E-state index contributed by atoms with van der Waals surface area (Å²) in [5.74, 6) is -2.32. The Balaban J connectivity index is 1.73. The van der Waals surface area contributed by atoms with Gasteiger partial charge in [0.1, 0.15) is 24.4 Å². The van der Waals surface area contributed by atoms with Gasteiger partial charge in [-0.1, -0.05) is 26.8 Å². The van der Waals surface area contributed by atoms with Gasteiger partial charge in [0.05, 0.1) is 18.3 Å². The lowest BCUT2D eigenvalue weighted by Crippen LogP contribution is -2.65. The standard InChI is InChI=1S/C25H36O10/c1-5-24(4)10-7-12-14(19(24)30)20(31)35-25(9-6-8-23(2,3)18(12)25)22(32)34-21-17(29)16(28)15(27)13(11-26)33-21/h5,13,15-19,21,26-30H,1,6-11H2,2-4H3/t13-,15-,16+,17-,18+,19+,21+,24+,25-/m1/s1. The minimum atomic E-state index is -1.78. The van der Waals surface area contributed by atoms with Crippen LogP contribution in [0.15, 0.2) is 23.8 Å². The summed E-state index contributed by atoms with van der Waals surface area (Å²) in [6.07, 6.45) is -5.05. The summed E-state index contributed by atoms with van der Waals surface area (Å²) in [5.41, 5.74) is -2.08. The third kappa shape index (κ3) is 3.95. The minimum absolute atomic E-state index is 0.162. The van der Waals surface area contributed by atoms with Crippen molar-refractivity contribution in [3.8, 4) is 0 Å². The largest absolute Gasteiger partial charge is 0.443 e. The van der Waals surface area contributed by atoms with Crippen molar-refractivity contribution in [1.82, 2.24) is 0 Å².